The number of hydrogen-bond donors (Lipinski definition) is 3. The molecule has 0 unspecified atom stereocenters. The van der Waals surface area contributed by atoms with E-state index in [0.717, 1.165) is 43.9 Å². The number of H-pyrrole nitrogens is 1. The number of aromatic amines is 1. The highest BCUT2D eigenvalue weighted by molar-refractivity contribution is 6.31. The second kappa shape index (κ2) is 7.75. The second-order valence-corrected chi connectivity index (χ2v) is 9.32. The molecular weight excluding hydrogens is 419 g/mol. The van der Waals surface area contributed by atoms with Gasteiger partial charge in [-0.25, -0.2) is 19.3 Å². The van der Waals surface area contributed by atoms with Crippen LogP contribution in [-0.2, 0) is 4.79 Å². The molecular formula is C22H24ClFN6O. The van der Waals surface area contributed by atoms with Crippen molar-refractivity contribution >= 4 is 34.4 Å². The lowest BCUT2D eigenvalue weighted by atomic mass is 9.90. The average molecular weight is 443 g/mol. The van der Waals surface area contributed by atoms with E-state index in [2.05, 4.69) is 30.6 Å². The molecule has 2 aliphatic rings. The smallest absolute Gasteiger partial charge is 0.226 e. The van der Waals surface area contributed by atoms with Gasteiger partial charge in [0.05, 0.1) is 11.2 Å². The van der Waals surface area contributed by atoms with Gasteiger partial charge in [0.25, 0.3) is 0 Å². The van der Waals surface area contributed by atoms with E-state index in [1.807, 2.05) is 6.92 Å². The van der Waals surface area contributed by atoms with Crippen molar-refractivity contribution in [2.24, 2.45) is 5.41 Å². The van der Waals surface area contributed by atoms with E-state index >= 15 is 0 Å². The number of hydrogen-bond acceptors (Lipinski definition) is 5. The maximum atomic E-state index is 14.5. The van der Waals surface area contributed by atoms with Crippen LogP contribution in [0.4, 0.5) is 10.2 Å². The molecule has 3 aromatic heterocycles. The normalized spacial score (nSPS) is 22.3. The maximum absolute atomic E-state index is 14.5. The number of rotatable bonds is 5. The molecule has 7 nitrogen and oxygen atoms in total. The van der Waals surface area contributed by atoms with Gasteiger partial charge in [0.15, 0.2) is 17.5 Å². The van der Waals surface area contributed by atoms with Crippen LogP contribution in [0.2, 0.25) is 5.02 Å². The van der Waals surface area contributed by atoms with Crippen molar-refractivity contribution in [2.75, 3.05) is 5.32 Å². The van der Waals surface area contributed by atoms with Crippen LogP contribution >= 0.6 is 11.6 Å². The highest BCUT2D eigenvalue weighted by atomic mass is 35.5. The van der Waals surface area contributed by atoms with Crippen LogP contribution in [0.3, 0.4) is 0 Å². The summed E-state index contributed by atoms with van der Waals surface area (Å²) in [5.74, 6) is 0.193. The van der Waals surface area contributed by atoms with Crippen molar-refractivity contribution in [3.63, 3.8) is 0 Å². The third-order valence-corrected chi connectivity index (χ3v) is 6.59. The molecule has 0 saturated heterocycles. The number of aromatic nitrogens is 4. The summed E-state index contributed by atoms with van der Waals surface area (Å²) in [5.41, 5.74) is 1.18. The molecule has 2 saturated carbocycles. The Morgan fingerprint density at radius 2 is 2.06 bits per heavy atom. The van der Waals surface area contributed by atoms with Crippen LogP contribution in [0.25, 0.3) is 22.4 Å². The van der Waals surface area contributed by atoms with Gasteiger partial charge in [-0.2, -0.15) is 0 Å². The molecule has 0 bridgehead atoms. The number of nitrogens with zero attached hydrogens (tertiary/aromatic N) is 3. The molecule has 31 heavy (non-hydrogen) atoms. The molecule has 3 aromatic rings. The fraction of sp³-hybridized carbons (Fsp3) is 0.455. The lowest BCUT2D eigenvalue weighted by molar-refractivity contribution is -0.126. The van der Waals surface area contributed by atoms with Gasteiger partial charge in [-0.1, -0.05) is 18.5 Å². The zero-order chi connectivity index (χ0) is 21.6. The maximum Gasteiger partial charge on any atom is 0.226 e. The Bertz CT molecular complexity index is 1140. The molecule has 9 heteroatoms. The van der Waals surface area contributed by atoms with Gasteiger partial charge in [-0.3, -0.25) is 4.79 Å². The number of nitrogens with one attached hydrogen (secondary N) is 3. The molecule has 0 aromatic carbocycles. The molecule has 1 amide bonds. The van der Waals surface area contributed by atoms with Crippen molar-refractivity contribution < 1.29 is 9.18 Å². The Morgan fingerprint density at radius 1 is 1.26 bits per heavy atom. The molecule has 2 fully saturated rings. The SMILES string of the molecule is CC1(C(=O)N[C@@H]2CCC[C@H](Nc3nc(-c4c[nH]c5ncc(Cl)cc45)ncc3F)C2)CC1. The number of carbonyl (C=O) groups excluding carboxylic acids is 1. The first kappa shape index (κ1) is 20.2. The summed E-state index contributed by atoms with van der Waals surface area (Å²) in [7, 11) is 0. The minimum atomic E-state index is -0.503. The molecule has 2 atom stereocenters. The van der Waals surface area contributed by atoms with Crippen molar-refractivity contribution in [1.29, 1.82) is 0 Å². The first-order chi connectivity index (χ1) is 14.9. The predicted octanol–water partition coefficient (Wildman–Crippen LogP) is 4.45. The predicted molar refractivity (Wildman–Crippen MR) is 117 cm³/mol. The molecule has 2 aliphatic carbocycles. The molecule has 0 aliphatic heterocycles. The fourth-order valence-electron chi connectivity index (χ4n) is 4.18. The van der Waals surface area contributed by atoms with Crippen LogP contribution in [0.1, 0.15) is 45.4 Å². The number of anilines is 1. The van der Waals surface area contributed by atoms with E-state index in [-0.39, 0.29) is 29.2 Å². The lowest BCUT2D eigenvalue weighted by Gasteiger charge is -2.31. The molecule has 3 heterocycles. The number of halogens is 2. The minimum Gasteiger partial charge on any atom is -0.365 e. The van der Waals surface area contributed by atoms with E-state index in [9.17, 15) is 9.18 Å². The second-order valence-electron chi connectivity index (χ2n) is 8.88. The van der Waals surface area contributed by atoms with Crippen LogP contribution in [0, 0.1) is 11.2 Å². The molecule has 5 rings (SSSR count). The van der Waals surface area contributed by atoms with Gasteiger partial charge < -0.3 is 15.6 Å². The topological polar surface area (TPSA) is 95.6 Å². The van der Waals surface area contributed by atoms with E-state index < -0.39 is 5.82 Å². The van der Waals surface area contributed by atoms with E-state index in [1.54, 1.807) is 18.5 Å². The van der Waals surface area contributed by atoms with Crippen molar-refractivity contribution in [2.45, 2.75) is 57.5 Å². The monoisotopic (exact) mass is 442 g/mol. The van der Waals surface area contributed by atoms with Crippen molar-refractivity contribution in [1.82, 2.24) is 25.3 Å². The molecule has 162 valence electrons. The molecule has 3 N–H and O–H groups in total. The number of fused-ring (bicyclic) bond motifs is 1. The average Bonchev–Trinajstić information content (AvgIpc) is 3.37. The van der Waals surface area contributed by atoms with Crippen LogP contribution in [-0.4, -0.2) is 37.9 Å². The summed E-state index contributed by atoms with van der Waals surface area (Å²) in [5, 5.41) is 7.70. The first-order valence-corrected chi connectivity index (χ1v) is 11.0. The number of pyridine rings is 1. The van der Waals surface area contributed by atoms with Crippen LogP contribution < -0.4 is 10.6 Å². The van der Waals surface area contributed by atoms with Gasteiger partial charge in [0, 0.05) is 40.8 Å². The Kier molecular flexibility index (Phi) is 5.04. The fourth-order valence-corrected chi connectivity index (χ4v) is 4.34. The Hall–Kier alpha value is -2.74. The van der Waals surface area contributed by atoms with Gasteiger partial charge in [0.1, 0.15) is 5.65 Å². The van der Waals surface area contributed by atoms with Gasteiger partial charge in [-0.15, -0.1) is 0 Å². The summed E-state index contributed by atoms with van der Waals surface area (Å²) >= 11 is 6.08. The van der Waals surface area contributed by atoms with Crippen molar-refractivity contribution in [3.8, 4) is 11.4 Å². The van der Waals surface area contributed by atoms with E-state index in [0.29, 0.717) is 22.1 Å². The van der Waals surface area contributed by atoms with E-state index in [4.69, 9.17) is 11.6 Å². The Balaban J connectivity index is 1.33. The first-order valence-electron chi connectivity index (χ1n) is 10.6. The summed E-state index contributed by atoms with van der Waals surface area (Å²) in [6.07, 6.45) is 9.94. The zero-order valence-electron chi connectivity index (χ0n) is 17.2. The lowest BCUT2D eigenvalue weighted by Crippen LogP contribution is -2.44. The Labute approximate surface area is 184 Å². The van der Waals surface area contributed by atoms with Crippen molar-refractivity contribution in [3.05, 3.63) is 35.5 Å². The number of amides is 1. The van der Waals surface area contributed by atoms with Gasteiger partial charge >= 0.3 is 0 Å². The minimum absolute atomic E-state index is 0.0300. The third-order valence-electron chi connectivity index (χ3n) is 6.38. The van der Waals surface area contributed by atoms with Crippen LogP contribution in [0.5, 0.6) is 0 Å². The van der Waals surface area contributed by atoms with Gasteiger partial charge in [0.2, 0.25) is 5.91 Å². The summed E-state index contributed by atoms with van der Waals surface area (Å²) in [6, 6.07) is 1.91. The highest BCUT2D eigenvalue weighted by Gasteiger charge is 2.45. The summed E-state index contributed by atoms with van der Waals surface area (Å²) in [6.45, 7) is 2.01. The highest BCUT2D eigenvalue weighted by Crippen LogP contribution is 2.45. The summed E-state index contributed by atoms with van der Waals surface area (Å²) < 4.78 is 14.5. The Morgan fingerprint density at radius 3 is 2.87 bits per heavy atom. The van der Waals surface area contributed by atoms with Gasteiger partial charge in [-0.05, 0) is 44.6 Å². The quantitative estimate of drug-likeness (QED) is 0.542. The standard InChI is InChI=1S/C22H24ClFN6O/c1-22(5-6-22)21(31)29-14-4-2-3-13(8-14)28-20-17(24)11-27-19(30-20)16-10-26-18-15(16)7-12(23)9-25-18/h7,9-11,13-14H,2-6,8H2,1H3,(H,25,26)(H,29,31)(H,27,28,30)/t13-,14+/m0/s1. The molecule has 0 radical (unpaired) electrons. The third kappa shape index (κ3) is 4.08. The van der Waals surface area contributed by atoms with E-state index in [1.165, 1.54) is 6.20 Å². The van der Waals surface area contributed by atoms with Crippen LogP contribution in [0.15, 0.2) is 24.7 Å². The summed E-state index contributed by atoms with van der Waals surface area (Å²) in [4.78, 5) is 28.3. The number of carbonyl (C=O) groups is 1. The molecule has 0 spiro atoms. The zero-order valence-corrected chi connectivity index (χ0v) is 18.0. The largest absolute Gasteiger partial charge is 0.365 e.